The minimum Gasteiger partial charge on any atom is -0.398 e. The van der Waals surface area contributed by atoms with Gasteiger partial charge in [0.2, 0.25) is 0 Å². The van der Waals surface area contributed by atoms with Crippen molar-refractivity contribution in [3.8, 4) is 11.1 Å². The third-order valence-corrected chi connectivity index (χ3v) is 6.40. The van der Waals surface area contributed by atoms with Crippen LogP contribution in [0.5, 0.6) is 0 Å². The van der Waals surface area contributed by atoms with Gasteiger partial charge in [-0.15, -0.1) is 0 Å². The number of nitrogens with zero attached hydrogens (tertiary/aromatic N) is 1. The van der Waals surface area contributed by atoms with E-state index < -0.39 is 9.84 Å². The van der Waals surface area contributed by atoms with E-state index in [1.165, 1.54) is 23.1 Å². The molecule has 0 saturated heterocycles. The molecule has 0 spiro atoms. The highest BCUT2D eigenvalue weighted by Gasteiger charge is 2.22. The zero-order valence-electron chi connectivity index (χ0n) is 18.8. The third-order valence-electron chi connectivity index (χ3n) is 5.29. The highest BCUT2D eigenvalue weighted by Crippen LogP contribution is 2.32. The Balaban J connectivity index is 2.10. The SMILES string of the molecule is CN(C(=O)c1ccc(S(C)(=O)=O)cc1N)c1cc(-c2ccc[nH]c2=O)cc(C(C)(C)C)c1. The second-order valence-corrected chi connectivity index (χ2v) is 10.8. The number of aromatic amines is 1. The number of carbonyl (C=O) groups excluding carboxylic acids is 1. The van der Waals surface area contributed by atoms with Gasteiger partial charge < -0.3 is 15.6 Å². The fraction of sp³-hybridized carbons (Fsp3) is 0.250. The third kappa shape index (κ3) is 4.75. The second kappa shape index (κ2) is 8.27. The van der Waals surface area contributed by atoms with Crippen LogP contribution in [0.25, 0.3) is 11.1 Å². The van der Waals surface area contributed by atoms with Gasteiger partial charge in [-0.1, -0.05) is 26.8 Å². The average Bonchev–Trinajstić information content (AvgIpc) is 2.71. The minimum absolute atomic E-state index is 0.0505. The van der Waals surface area contributed by atoms with E-state index in [0.717, 1.165) is 11.8 Å². The van der Waals surface area contributed by atoms with Crippen molar-refractivity contribution < 1.29 is 13.2 Å². The summed E-state index contributed by atoms with van der Waals surface area (Å²) in [6.07, 6.45) is 2.65. The zero-order valence-corrected chi connectivity index (χ0v) is 19.6. The number of nitrogen functional groups attached to an aromatic ring is 1. The summed E-state index contributed by atoms with van der Waals surface area (Å²) in [4.78, 5) is 29.8. The molecular weight excluding hydrogens is 426 g/mol. The summed E-state index contributed by atoms with van der Waals surface area (Å²) in [6.45, 7) is 6.15. The molecule has 3 aromatic rings. The lowest BCUT2D eigenvalue weighted by Crippen LogP contribution is -2.28. The Kier molecular flexibility index (Phi) is 6.02. The van der Waals surface area contributed by atoms with E-state index in [-0.39, 0.29) is 33.0 Å². The Morgan fingerprint density at radius 1 is 1.06 bits per heavy atom. The number of anilines is 2. The van der Waals surface area contributed by atoms with Crippen LogP contribution in [0.2, 0.25) is 0 Å². The van der Waals surface area contributed by atoms with E-state index >= 15 is 0 Å². The number of rotatable bonds is 4. The molecule has 168 valence electrons. The Labute approximate surface area is 187 Å². The van der Waals surface area contributed by atoms with E-state index in [2.05, 4.69) is 25.8 Å². The molecule has 3 N–H and O–H groups in total. The molecule has 1 aromatic heterocycles. The van der Waals surface area contributed by atoms with Crippen molar-refractivity contribution in [3.05, 3.63) is 76.2 Å². The fourth-order valence-electron chi connectivity index (χ4n) is 3.31. The van der Waals surface area contributed by atoms with Crippen LogP contribution < -0.4 is 16.2 Å². The number of nitrogens with two attached hydrogens (primary N) is 1. The molecule has 0 bridgehead atoms. The Bertz CT molecular complexity index is 1350. The van der Waals surface area contributed by atoms with Crippen molar-refractivity contribution in [2.45, 2.75) is 31.1 Å². The van der Waals surface area contributed by atoms with Gasteiger partial charge in [0.1, 0.15) is 0 Å². The standard InChI is InChI=1S/C24H27N3O4S/c1-24(2,3)16-11-15(19-7-6-10-26-22(19)28)12-17(13-16)27(4)23(29)20-9-8-18(14-21(20)25)32(5,30)31/h6-14H,25H2,1-5H3,(H,26,28). The molecule has 3 rings (SSSR count). The molecule has 0 aliphatic rings. The first-order valence-corrected chi connectivity index (χ1v) is 11.9. The van der Waals surface area contributed by atoms with Crippen LogP contribution in [0, 0.1) is 0 Å². The lowest BCUT2D eigenvalue weighted by Gasteiger charge is -2.25. The molecule has 0 aliphatic carbocycles. The van der Waals surface area contributed by atoms with Gasteiger partial charge in [0.05, 0.1) is 10.5 Å². The first-order chi connectivity index (χ1) is 14.8. The van der Waals surface area contributed by atoms with Crippen LogP contribution in [0.4, 0.5) is 11.4 Å². The Morgan fingerprint density at radius 3 is 2.31 bits per heavy atom. The highest BCUT2D eigenvalue weighted by molar-refractivity contribution is 7.90. The predicted octanol–water partition coefficient (Wildman–Crippen LogP) is 3.60. The summed E-state index contributed by atoms with van der Waals surface area (Å²) in [6, 6.07) is 13.2. The van der Waals surface area contributed by atoms with Crippen molar-refractivity contribution in [1.82, 2.24) is 4.98 Å². The molecule has 8 heteroatoms. The van der Waals surface area contributed by atoms with Crippen molar-refractivity contribution in [1.29, 1.82) is 0 Å². The number of hydrogen-bond donors (Lipinski definition) is 2. The van der Waals surface area contributed by atoms with Crippen LogP contribution >= 0.6 is 0 Å². The van der Waals surface area contributed by atoms with E-state index in [4.69, 9.17) is 5.73 Å². The summed E-state index contributed by atoms with van der Waals surface area (Å²) in [5.74, 6) is -0.387. The maximum Gasteiger partial charge on any atom is 0.260 e. The van der Waals surface area contributed by atoms with Crippen LogP contribution in [0.1, 0.15) is 36.7 Å². The fourth-order valence-corrected chi connectivity index (χ4v) is 3.96. The molecule has 0 fully saturated rings. The maximum atomic E-state index is 13.2. The number of hydrogen-bond acceptors (Lipinski definition) is 5. The van der Waals surface area contributed by atoms with Gasteiger partial charge in [0.25, 0.3) is 11.5 Å². The van der Waals surface area contributed by atoms with Gasteiger partial charge in [-0.3, -0.25) is 9.59 Å². The number of pyridine rings is 1. The van der Waals surface area contributed by atoms with E-state index in [9.17, 15) is 18.0 Å². The molecule has 1 amide bonds. The lowest BCUT2D eigenvalue weighted by atomic mass is 9.85. The summed E-state index contributed by atoms with van der Waals surface area (Å²) in [5.41, 5.74) is 8.57. The van der Waals surface area contributed by atoms with Crippen LogP contribution in [-0.4, -0.2) is 32.6 Å². The Morgan fingerprint density at radius 2 is 1.75 bits per heavy atom. The van der Waals surface area contributed by atoms with E-state index in [1.54, 1.807) is 31.4 Å². The first kappa shape index (κ1) is 23.3. The summed E-state index contributed by atoms with van der Waals surface area (Å²) >= 11 is 0. The van der Waals surface area contributed by atoms with E-state index in [1.807, 2.05) is 12.1 Å². The molecule has 0 aliphatic heterocycles. The molecule has 2 aromatic carbocycles. The van der Waals surface area contributed by atoms with Crippen LogP contribution in [0.3, 0.4) is 0 Å². The molecular formula is C24H27N3O4S. The maximum absolute atomic E-state index is 13.2. The second-order valence-electron chi connectivity index (χ2n) is 8.82. The predicted molar refractivity (Wildman–Crippen MR) is 128 cm³/mol. The number of aromatic nitrogens is 1. The van der Waals surface area contributed by atoms with Gasteiger partial charge in [0, 0.05) is 36.4 Å². The zero-order chi connectivity index (χ0) is 23.8. The van der Waals surface area contributed by atoms with Crippen molar-refractivity contribution in [3.63, 3.8) is 0 Å². The number of amides is 1. The molecule has 32 heavy (non-hydrogen) atoms. The number of H-pyrrole nitrogens is 1. The Hall–Kier alpha value is -3.39. The molecule has 0 radical (unpaired) electrons. The summed E-state index contributed by atoms with van der Waals surface area (Å²) in [5, 5.41) is 0. The van der Waals surface area contributed by atoms with Gasteiger partial charge in [-0.05, 0) is 59.0 Å². The number of carbonyl (C=O) groups is 1. The van der Waals surface area contributed by atoms with Gasteiger partial charge >= 0.3 is 0 Å². The number of benzene rings is 2. The first-order valence-electron chi connectivity index (χ1n) is 10.0. The minimum atomic E-state index is -3.44. The van der Waals surface area contributed by atoms with Crippen LogP contribution in [0.15, 0.2) is 64.4 Å². The van der Waals surface area contributed by atoms with Crippen molar-refractivity contribution in [2.24, 2.45) is 0 Å². The number of sulfone groups is 1. The molecule has 0 saturated carbocycles. The topological polar surface area (TPSA) is 113 Å². The number of nitrogens with one attached hydrogen (secondary N) is 1. The van der Waals surface area contributed by atoms with Crippen LogP contribution in [-0.2, 0) is 15.3 Å². The smallest absolute Gasteiger partial charge is 0.260 e. The van der Waals surface area contributed by atoms with Gasteiger partial charge in [0.15, 0.2) is 9.84 Å². The normalized spacial score (nSPS) is 11.9. The average molecular weight is 454 g/mol. The van der Waals surface area contributed by atoms with Gasteiger partial charge in [-0.2, -0.15) is 0 Å². The quantitative estimate of drug-likeness (QED) is 0.586. The largest absolute Gasteiger partial charge is 0.398 e. The van der Waals surface area contributed by atoms with E-state index in [0.29, 0.717) is 16.8 Å². The van der Waals surface area contributed by atoms with Crippen molar-refractivity contribution in [2.75, 3.05) is 23.9 Å². The lowest BCUT2D eigenvalue weighted by molar-refractivity contribution is 0.0993. The monoisotopic (exact) mass is 453 g/mol. The molecule has 1 heterocycles. The van der Waals surface area contributed by atoms with Crippen molar-refractivity contribution >= 4 is 27.1 Å². The molecule has 0 unspecified atom stereocenters. The molecule has 7 nitrogen and oxygen atoms in total. The highest BCUT2D eigenvalue weighted by atomic mass is 32.2. The summed E-state index contributed by atoms with van der Waals surface area (Å²) in [7, 11) is -1.82. The molecule has 0 atom stereocenters. The van der Waals surface area contributed by atoms with Gasteiger partial charge in [-0.25, -0.2) is 8.42 Å². The summed E-state index contributed by atoms with van der Waals surface area (Å²) < 4.78 is 23.5.